The Morgan fingerprint density at radius 2 is 1.67 bits per heavy atom. The maximum Gasteiger partial charge on any atom is 0.00105 e. The summed E-state index contributed by atoms with van der Waals surface area (Å²) in [6, 6.07) is 0.321. The van der Waals surface area contributed by atoms with Crippen molar-refractivity contribution in [2.45, 2.75) is 38.6 Å². The molecule has 0 heterocycles. The molecule has 0 aromatic carbocycles. The number of allylic oxidation sites excluding steroid dienone is 2. The van der Waals surface area contributed by atoms with Crippen LogP contribution in [0.25, 0.3) is 0 Å². The first-order chi connectivity index (χ1) is 5.70. The molecule has 0 saturated carbocycles. The van der Waals surface area contributed by atoms with Crippen LogP contribution in [-0.2, 0) is 0 Å². The molecule has 0 amide bonds. The van der Waals surface area contributed by atoms with Gasteiger partial charge in [-0.15, -0.1) is 13.2 Å². The highest BCUT2D eigenvalue weighted by Crippen LogP contribution is 2.17. The summed E-state index contributed by atoms with van der Waals surface area (Å²) in [5.74, 6) is 0.700. The lowest BCUT2D eigenvalue weighted by Gasteiger charge is -2.13. The minimum Gasteiger partial charge on any atom is -0.328 e. The van der Waals surface area contributed by atoms with Gasteiger partial charge < -0.3 is 5.73 Å². The van der Waals surface area contributed by atoms with Crippen molar-refractivity contribution in [1.29, 1.82) is 0 Å². The van der Waals surface area contributed by atoms with Crippen LogP contribution in [0.2, 0.25) is 0 Å². The minimum atomic E-state index is 0.321. The Labute approximate surface area is 76.3 Å². The van der Waals surface area contributed by atoms with Crippen LogP contribution in [0.4, 0.5) is 0 Å². The molecule has 1 nitrogen and oxygen atoms in total. The Morgan fingerprint density at radius 3 is 2.00 bits per heavy atom. The lowest BCUT2D eigenvalue weighted by Crippen LogP contribution is -2.16. The van der Waals surface area contributed by atoms with Crippen molar-refractivity contribution < 1.29 is 0 Å². The summed E-state index contributed by atoms with van der Waals surface area (Å²) in [5, 5.41) is 0. The summed E-state index contributed by atoms with van der Waals surface area (Å²) in [6.45, 7) is 9.54. The predicted molar refractivity (Wildman–Crippen MR) is 56.0 cm³/mol. The molecule has 12 heavy (non-hydrogen) atoms. The molecule has 0 aliphatic carbocycles. The standard InChI is InChI=1S/C11H21N/c1-4-6-11(7-5-2)9-8-10(3)12/h4-5,10-11H,1-2,6-9,12H2,3H3. The van der Waals surface area contributed by atoms with Crippen LogP contribution in [0.1, 0.15) is 32.6 Å². The van der Waals surface area contributed by atoms with E-state index in [9.17, 15) is 0 Å². The fraction of sp³-hybridized carbons (Fsp3) is 0.636. The lowest BCUT2D eigenvalue weighted by atomic mass is 9.94. The third kappa shape index (κ3) is 6.17. The van der Waals surface area contributed by atoms with Crippen LogP contribution in [0.5, 0.6) is 0 Å². The van der Waals surface area contributed by atoms with Gasteiger partial charge in [0.05, 0.1) is 0 Å². The van der Waals surface area contributed by atoms with Gasteiger partial charge in [-0.05, 0) is 38.5 Å². The van der Waals surface area contributed by atoms with Gasteiger partial charge in [0, 0.05) is 6.04 Å². The number of hydrogen-bond donors (Lipinski definition) is 1. The molecule has 0 aromatic heterocycles. The van der Waals surface area contributed by atoms with E-state index in [-0.39, 0.29) is 0 Å². The first-order valence-corrected chi connectivity index (χ1v) is 4.68. The van der Waals surface area contributed by atoms with E-state index in [0.717, 1.165) is 19.3 Å². The molecular formula is C11H21N. The Balaban J connectivity index is 3.61. The van der Waals surface area contributed by atoms with Gasteiger partial charge in [-0.3, -0.25) is 0 Å². The van der Waals surface area contributed by atoms with E-state index in [0.29, 0.717) is 12.0 Å². The minimum absolute atomic E-state index is 0.321. The molecule has 0 aliphatic heterocycles. The number of hydrogen-bond acceptors (Lipinski definition) is 1. The van der Waals surface area contributed by atoms with Gasteiger partial charge in [0.15, 0.2) is 0 Å². The average Bonchev–Trinajstić information content (AvgIpc) is 2.01. The quantitative estimate of drug-likeness (QED) is 0.580. The van der Waals surface area contributed by atoms with E-state index in [2.05, 4.69) is 20.1 Å². The molecule has 1 heteroatoms. The van der Waals surface area contributed by atoms with Crippen molar-refractivity contribution in [3.8, 4) is 0 Å². The number of nitrogens with two attached hydrogens (primary N) is 1. The molecular weight excluding hydrogens is 146 g/mol. The third-order valence-corrected chi connectivity index (χ3v) is 2.03. The molecule has 0 radical (unpaired) electrons. The molecule has 1 unspecified atom stereocenters. The zero-order chi connectivity index (χ0) is 9.40. The largest absolute Gasteiger partial charge is 0.328 e. The summed E-state index contributed by atoms with van der Waals surface area (Å²) in [4.78, 5) is 0. The second kappa shape index (κ2) is 7.11. The van der Waals surface area contributed by atoms with Crippen LogP contribution >= 0.6 is 0 Å². The fourth-order valence-electron chi connectivity index (χ4n) is 1.30. The summed E-state index contributed by atoms with van der Waals surface area (Å²) >= 11 is 0. The van der Waals surface area contributed by atoms with Crippen LogP contribution in [0, 0.1) is 5.92 Å². The average molecular weight is 167 g/mol. The Morgan fingerprint density at radius 1 is 1.17 bits per heavy atom. The van der Waals surface area contributed by atoms with Gasteiger partial charge >= 0.3 is 0 Å². The highest BCUT2D eigenvalue weighted by atomic mass is 14.6. The second-order valence-electron chi connectivity index (χ2n) is 3.47. The van der Waals surface area contributed by atoms with Gasteiger partial charge in [0.25, 0.3) is 0 Å². The molecule has 0 bridgehead atoms. The molecule has 0 fully saturated rings. The first kappa shape index (κ1) is 11.4. The normalized spacial score (nSPS) is 12.9. The molecule has 0 aromatic rings. The van der Waals surface area contributed by atoms with Crippen LogP contribution in [0.3, 0.4) is 0 Å². The van der Waals surface area contributed by atoms with Crippen molar-refractivity contribution in [3.05, 3.63) is 25.3 Å². The van der Waals surface area contributed by atoms with Gasteiger partial charge in [0.1, 0.15) is 0 Å². The zero-order valence-corrected chi connectivity index (χ0v) is 8.13. The fourth-order valence-corrected chi connectivity index (χ4v) is 1.30. The van der Waals surface area contributed by atoms with Crippen molar-refractivity contribution in [3.63, 3.8) is 0 Å². The molecule has 0 spiro atoms. The highest BCUT2D eigenvalue weighted by Gasteiger charge is 2.05. The Hall–Kier alpha value is -0.560. The van der Waals surface area contributed by atoms with Crippen molar-refractivity contribution in [1.82, 2.24) is 0 Å². The van der Waals surface area contributed by atoms with Crippen LogP contribution in [-0.4, -0.2) is 6.04 Å². The van der Waals surface area contributed by atoms with Crippen molar-refractivity contribution in [2.75, 3.05) is 0 Å². The van der Waals surface area contributed by atoms with Gasteiger partial charge in [-0.1, -0.05) is 12.2 Å². The van der Waals surface area contributed by atoms with E-state index < -0.39 is 0 Å². The lowest BCUT2D eigenvalue weighted by molar-refractivity contribution is 0.455. The van der Waals surface area contributed by atoms with Crippen molar-refractivity contribution in [2.24, 2.45) is 11.7 Å². The Kier molecular flexibility index (Phi) is 6.78. The third-order valence-electron chi connectivity index (χ3n) is 2.03. The summed E-state index contributed by atoms with van der Waals surface area (Å²) < 4.78 is 0. The van der Waals surface area contributed by atoms with E-state index >= 15 is 0 Å². The van der Waals surface area contributed by atoms with E-state index in [1.165, 1.54) is 6.42 Å². The van der Waals surface area contributed by atoms with Crippen LogP contribution in [0.15, 0.2) is 25.3 Å². The summed E-state index contributed by atoms with van der Waals surface area (Å²) in [7, 11) is 0. The van der Waals surface area contributed by atoms with Gasteiger partial charge in [-0.25, -0.2) is 0 Å². The maximum absolute atomic E-state index is 5.68. The molecule has 0 rings (SSSR count). The molecule has 1 atom stereocenters. The van der Waals surface area contributed by atoms with Crippen molar-refractivity contribution >= 4 is 0 Å². The van der Waals surface area contributed by atoms with E-state index in [4.69, 9.17) is 5.73 Å². The smallest absolute Gasteiger partial charge is 0.00105 e. The van der Waals surface area contributed by atoms with Crippen LogP contribution < -0.4 is 5.73 Å². The second-order valence-corrected chi connectivity index (χ2v) is 3.47. The molecule has 0 aliphatic rings. The topological polar surface area (TPSA) is 26.0 Å². The molecule has 2 N–H and O–H groups in total. The predicted octanol–water partition coefficient (Wildman–Crippen LogP) is 2.88. The monoisotopic (exact) mass is 167 g/mol. The van der Waals surface area contributed by atoms with Gasteiger partial charge in [0.2, 0.25) is 0 Å². The molecule has 0 saturated heterocycles. The first-order valence-electron chi connectivity index (χ1n) is 4.68. The molecule has 70 valence electrons. The highest BCUT2D eigenvalue weighted by molar-refractivity contribution is 4.80. The summed E-state index contributed by atoms with van der Waals surface area (Å²) in [5.41, 5.74) is 5.68. The van der Waals surface area contributed by atoms with E-state index in [1.54, 1.807) is 0 Å². The maximum atomic E-state index is 5.68. The zero-order valence-electron chi connectivity index (χ0n) is 8.13. The summed E-state index contributed by atoms with van der Waals surface area (Å²) in [6.07, 6.45) is 8.42. The van der Waals surface area contributed by atoms with Gasteiger partial charge in [-0.2, -0.15) is 0 Å². The SMILES string of the molecule is C=CCC(CC=C)CCC(C)N. The Bertz CT molecular complexity index is 117. The van der Waals surface area contributed by atoms with E-state index in [1.807, 2.05) is 12.2 Å². The number of rotatable bonds is 7.